The number of nitrogens with one attached hydrogen (secondary N) is 1. The summed E-state index contributed by atoms with van der Waals surface area (Å²) in [7, 11) is 0. The molecule has 0 aromatic heterocycles. The van der Waals surface area contributed by atoms with E-state index >= 15 is 0 Å². The van der Waals surface area contributed by atoms with Gasteiger partial charge in [0.1, 0.15) is 0 Å². The van der Waals surface area contributed by atoms with Crippen LogP contribution in [0.1, 0.15) is 51.0 Å². The Morgan fingerprint density at radius 2 is 2.05 bits per heavy atom. The minimum atomic E-state index is 0.197. The van der Waals surface area contributed by atoms with E-state index in [0.29, 0.717) is 6.42 Å². The van der Waals surface area contributed by atoms with Crippen molar-refractivity contribution in [3.05, 3.63) is 35.9 Å². The van der Waals surface area contributed by atoms with Gasteiger partial charge >= 0.3 is 0 Å². The molecule has 1 saturated heterocycles. The van der Waals surface area contributed by atoms with Crippen LogP contribution >= 0.6 is 0 Å². The van der Waals surface area contributed by atoms with Gasteiger partial charge in [-0.1, -0.05) is 36.8 Å². The summed E-state index contributed by atoms with van der Waals surface area (Å²) in [5, 5.41) is 3.06. The molecule has 3 heteroatoms. The summed E-state index contributed by atoms with van der Waals surface area (Å²) in [5.41, 5.74) is 1.31. The maximum atomic E-state index is 11.8. The second-order valence-corrected chi connectivity index (χ2v) is 6.42. The van der Waals surface area contributed by atoms with Gasteiger partial charge in [0.15, 0.2) is 0 Å². The minimum absolute atomic E-state index is 0.197. The molecule has 0 saturated carbocycles. The molecule has 2 rings (SSSR count). The summed E-state index contributed by atoms with van der Waals surface area (Å²) < 4.78 is 0. The monoisotopic (exact) mass is 302 g/mol. The van der Waals surface area contributed by atoms with Crippen LogP contribution in [-0.4, -0.2) is 36.5 Å². The first-order chi connectivity index (χ1) is 10.8. The van der Waals surface area contributed by atoms with E-state index in [2.05, 4.69) is 41.4 Å². The molecule has 1 unspecified atom stereocenters. The van der Waals surface area contributed by atoms with Crippen LogP contribution in [0, 0.1) is 0 Å². The number of piperidine rings is 1. The van der Waals surface area contributed by atoms with Crippen LogP contribution in [0.5, 0.6) is 0 Å². The Morgan fingerprint density at radius 1 is 1.23 bits per heavy atom. The highest BCUT2D eigenvalue weighted by Crippen LogP contribution is 2.16. The molecule has 0 aliphatic carbocycles. The van der Waals surface area contributed by atoms with Gasteiger partial charge in [0.2, 0.25) is 5.91 Å². The molecular formula is C19H30N2O. The Balaban J connectivity index is 1.50. The van der Waals surface area contributed by atoms with E-state index < -0.39 is 0 Å². The molecule has 3 nitrogen and oxygen atoms in total. The lowest BCUT2D eigenvalue weighted by atomic mass is 10.0. The highest BCUT2D eigenvalue weighted by atomic mass is 16.1. The van der Waals surface area contributed by atoms with Crippen LogP contribution in [-0.2, 0) is 11.2 Å². The molecule has 0 spiro atoms. The van der Waals surface area contributed by atoms with Gasteiger partial charge in [0.05, 0.1) is 0 Å². The molecule has 1 fully saturated rings. The lowest BCUT2D eigenvalue weighted by molar-refractivity contribution is -0.121. The number of aryl methyl sites for hydroxylation is 1. The first kappa shape index (κ1) is 17.0. The molecule has 1 aromatic rings. The number of carbonyl (C=O) groups is 1. The van der Waals surface area contributed by atoms with E-state index in [1.807, 2.05) is 6.07 Å². The van der Waals surface area contributed by atoms with Gasteiger partial charge in [-0.25, -0.2) is 0 Å². The molecule has 0 radical (unpaired) electrons. The van der Waals surface area contributed by atoms with Gasteiger partial charge in [-0.2, -0.15) is 0 Å². The smallest absolute Gasteiger partial charge is 0.220 e. The maximum absolute atomic E-state index is 11.8. The fourth-order valence-electron chi connectivity index (χ4n) is 3.19. The summed E-state index contributed by atoms with van der Waals surface area (Å²) in [6.07, 6.45) is 7.64. The maximum Gasteiger partial charge on any atom is 0.220 e. The van der Waals surface area contributed by atoms with Crippen LogP contribution < -0.4 is 5.32 Å². The molecule has 22 heavy (non-hydrogen) atoms. The van der Waals surface area contributed by atoms with Crippen molar-refractivity contribution in [1.29, 1.82) is 0 Å². The Kier molecular flexibility index (Phi) is 7.44. The third kappa shape index (κ3) is 6.18. The average Bonchev–Trinajstić information content (AvgIpc) is 2.54. The molecule has 1 N–H and O–H groups in total. The first-order valence-electron chi connectivity index (χ1n) is 8.80. The predicted octanol–water partition coefficient (Wildman–Crippen LogP) is 3.39. The van der Waals surface area contributed by atoms with Crippen LogP contribution in [0.2, 0.25) is 0 Å². The zero-order valence-electron chi connectivity index (χ0n) is 13.9. The molecule has 122 valence electrons. The molecule has 0 bridgehead atoms. The summed E-state index contributed by atoms with van der Waals surface area (Å²) in [5.74, 6) is 0.197. The van der Waals surface area contributed by atoms with Crippen LogP contribution in [0.3, 0.4) is 0 Å². The van der Waals surface area contributed by atoms with E-state index in [0.717, 1.165) is 38.4 Å². The van der Waals surface area contributed by atoms with Gasteiger partial charge in [-0.15, -0.1) is 0 Å². The van der Waals surface area contributed by atoms with E-state index in [1.54, 1.807) is 0 Å². The quantitative estimate of drug-likeness (QED) is 0.747. The number of nitrogens with zero attached hydrogens (tertiary/aromatic N) is 1. The van der Waals surface area contributed by atoms with Crippen molar-refractivity contribution in [3.8, 4) is 0 Å². The van der Waals surface area contributed by atoms with Crippen molar-refractivity contribution >= 4 is 5.91 Å². The van der Waals surface area contributed by atoms with E-state index in [1.165, 1.54) is 31.4 Å². The lowest BCUT2D eigenvalue weighted by Gasteiger charge is -2.33. The van der Waals surface area contributed by atoms with Crippen molar-refractivity contribution in [2.45, 2.75) is 57.9 Å². The molecule has 1 heterocycles. The fourth-order valence-corrected chi connectivity index (χ4v) is 3.19. The highest BCUT2D eigenvalue weighted by Gasteiger charge is 2.17. The van der Waals surface area contributed by atoms with Crippen LogP contribution in [0.15, 0.2) is 30.3 Å². The average molecular weight is 302 g/mol. The molecule has 1 amide bonds. The van der Waals surface area contributed by atoms with E-state index in [9.17, 15) is 4.79 Å². The first-order valence-corrected chi connectivity index (χ1v) is 8.80. The fraction of sp³-hybridized carbons (Fsp3) is 0.632. The highest BCUT2D eigenvalue weighted by molar-refractivity contribution is 5.75. The normalized spacial score (nSPS) is 19.0. The molecule has 1 aliphatic rings. The topological polar surface area (TPSA) is 32.3 Å². The van der Waals surface area contributed by atoms with Gasteiger partial charge in [0.25, 0.3) is 0 Å². The van der Waals surface area contributed by atoms with Crippen molar-refractivity contribution in [2.24, 2.45) is 0 Å². The summed E-state index contributed by atoms with van der Waals surface area (Å²) in [6, 6.07) is 11.1. The molecule has 1 aliphatic heterocycles. The summed E-state index contributed by atoms with van der Waals surface area (Å²) in [6.45, 7) is 5.48. The second kappa shape index (κ2) is 9.62. The SMILES string of the molecule is CC1CCCCN1CCCNC(=O)CCCc1ccccc1. The predicted molar refractivity (Wildman–Crippen MR) is 91.9 cm³/mol. The van der Waals surface area contributed by atoms with E-state index in [4.69, 9.17) is 0 Å². The van der Waals surface area contributed by atoms with Gasteiger partial charge in [-0.05, 0) is 51.1 Å². The summed E-state index contributed by atoms with van der Waals surface area (Å²) >= 11 is 0. The number of rotatable bonds is 8. The number of hydrogen-bond donors (Lipinski definition) is 1. The third-order valence-electron chi connectivity index (χ3n) is 4.60. The molecular weight excluding hydrogens is 272 g/mol. The largest absolute Gasteiger partial charge is 0.356 e. The standard InChI is InChI=1S/C19H30N2O/c1-17-9-5-6-15-21(17)16-8-14-20-19(22)13-7-12-18-10-3-2-4-11-18/h2-4,10-11,17H,5-9,12-16H2,1H3,(H,20,22). The van der Waals surface area contributed by atoms with Crippen LogP contribution in [0.25, 0.3) is 0 Å². The van der Waals surface area contributed by atoms with Crippen molar-refractivity contribution < 1.29 is 4.79 Å². The van der Waals surface area contributed by atoms with Crippen LogP contribution in [0.4, 0.5) is 0 Å². The molecule has 1 atom stereocenters. The number of likely N-dealkylation sites (tertiary alicyclic amines) is 1. The zero-order chi connectivity index (χ0) is 15.6. The van der Waals surface area contributed by atoms with Gasteiger partial charge < -0.3 is 10.2 Å². The van der Waals surface area contributed by atoms with Gasteiger partial charge in [-0.3, -0.25) is 4.79 Å². The number of benzene rings is 1. The van der Waals surface area contributed by atoms with Gasteiger partial charge in [0, 0.05) is 25.6 Å². The summed E-state index contributed by atoms with van der Waals surface area (Å²) in [4.78, 5) is 14.4. The Labute approximate surface area is 135 Å². The van der Waals surface area contributed by atoms with Crippen molar-refractivity contribution in [1.82, 2.24) is 10.2 Å². The van der Waals surface area contributed by atoms with Crippen molar-refractivity contribution in [3.63, 3.8) is 0 Å². The minimum Gasteiger partial charge on any atom is -0.356 e. The van der Waals surface area contributed by atoms with Crippen molar-refractivity contribution in [2.75, 3.05) is 19.6 Å². The number of amides is 1. The number of hydrogen-bond acceptors (Lipinski definition) is 2. The molecule has 1 aromatic carbocycles. The second-order valence-electron chi connectivity index (χ2n) is 6.42. The third-order valence-corrected chi connectivity index (χ3v) is 4.60. The van der Waals surface area contributed by atoms with E-state index in [-0.39, 0.29) is 5.91 Å². The number of carbonyl (C=O) groups excluding carboxylic acids is 1. The zero-order valence-corrected chi connectivity index (χ0v) is 13.9. The Morgan fingerprint density at radius 3 is 2.82 bits per heavy atom. The Bertz CT molecular complexity index is 432. The lowest BCUT2D eigenvalue weighted by Crippen LogP contribution is -2.39. The Hall–Kier alpha value is -1.35.